The molecular formula is C12H14N4O3S2. The SMILES string of the molecule is CNC(=O)c1ccc(NS(=O)(=O)c2cc(C)c(C)s2)nn1. The smallest absolute Gasteiger partial charge is 0.272 e. The third kappa shape index (κ3) is 3.37. The van der Waals surface area contributed by atoms with Gasteiger partial charge in [0.15, 0.2) is 11.5 Å². The molecule has 0 spiro atoms. The van der Waals surface area contributed by atoms with Crippen LogP contribution in [0.4, 0.5) is 5.82 Å². The molecule has 0 saturated heterocycles. The molecule has 0 unspecified atom stereocenters. The summed E-state index contributed by atoms with van der Waals surface area (Å²) in [5.41, 5.74) is 1.03. The second-order valence-electron chi connectivity index (χ2n) is 4.29. The van der Waals surface area contributed by atoms with Crippen LogP contribution in [-0.4, -0.2) is 31.6 Å². The number of aryl methyl sites for hydroxylation is 2. The number of hydrogen-bond donors (Lipinski definition) is 2. The maximum absolute atomic E-state index is 12.2. The molecule has 2 N–H and O–H groups in total. The third-order valence-electron chi connectivity index (χ3n) is 2.77. The monoisotopic (exact) mass is 326 g/mol. The Bertz CT molecular complexity index is 747. The van der Waals surface area contributed by atoms with Gasteiger partial charge in [-0.1, -0.05) is 0 Å². The molecule has 0 radical (unpaired) electrons. The van der Waals surface area contributed by atoms with Gasteiger partial charge in [-0.2, -0.15) is 0 Å². The second kappa shape index (κ2) is 5.78. The Balaban J connectivity index is 2.22. The maximum atomic E-state index is 12.2. The van der Waals surface area contributed by atoms with Gasteiger partial charge in [-0.15, -0.1) is 21.5 Å². The molecule has 0 aliphatic rings. The minimum absolute atomic E-state index is 0.0614. The van der Waals surface area contributed by atoms with E-state index >= 15 is 0 Å². The Kier molecular flexibility index (Phi) is 4.24. The number of anilines is 1. The largest absolute Gasteiger partial charge is 0.354 e. The Morgan fingerprint density at radius 3 is 2.43 bits per heavy atom. The molecule has 112 valence electrons. The number of nitrogens with one attached hydrogen (secondary N) is 2. The highest BCUT2D eigenvalue weighted by Gasteiger charge is 2.19. The van der Waals surface area contributed by atoms with Gasteiger partial charge in [0.2, 0.25) is 0 Å². The number of rotatable bonds is 4. The first-order valence-electron chi connectivity index (χ1n) is 5.99. The molecule has 2 heterocycles. The lowest BCUT2D eigenvalue weighted by Gasteiger charge is -2.05. The van der Waals surface area contributed by atoms with Crippen LogP contribution in [-0.2, 0) is 10.0 Å². The van der Waals surface area contributed by atoms with E-state index < -0.39 is 10.0 Å². The molecular weight excluding hydrogens is 312 g/mol. The number of thiophene rings is 1. The van der Waals surface area contributed by atoms with Gasteiger partial charge >= 0.3 is 0 Å². The molecule has 0 aromatic carbocycles. The van der Waals surface area contributed by atoms with Gasteiger partial charge in [-0.25, -0.2) is 8.42 Å². The van der Waals surface area contributed by atoms with Crippen LogP contribution < -0.4 is 10.0 Å². The van der Waals surface area contributed by atoms with Crippen molar-refractivity contribution in [1.82, 2.24) is 15.5 Å². The molecule has 0 aliphatic heterocycles. The summed E-state index contributed by atoms with van der Waals surface area (Å²) in [5, 5.41) is 9.76. The molecule has 21 heavy (non-hydrogen) atoms. The van der Waals surface area contributed by atoms with E-state index in [1.54, 1.807) is 6.07 Å². The lowest BCUT2D eigenvalue weighted by Crippen LogP contribution is -2.20. The van der Waals surface area contributed by atoms with Crippen LogP contribution in [0.3, 0.4) is 0 Å². The van der Waals surface area contributed by atoms with Crippen molar-refractivity contribution in [2.45, 2.75) is 18.1 Å². The first-order chi connectivity index (χ1) is 9.83. The van der Waals surface area contributed by atoms with Gasteiger partial charge in [0.1, 0.15) is 4.21 Å². The fourth-order valence-electron chi connectivity index (χ4n) is 1.50. The Morgan fingerprint density at radius 2 is 1.95 bits per heavy atom. The number of carbonyl (C=O) groups is 1. The van der Waals surface area contributed by atoms with Crippen molar-refractivity contribution in [2.75, 3.05) is 11.8 Å². The molecule has 2 aromatic heterocycles. The molecule has 1 amide bonds. The number of carbonyl (C=O) groups excluding carboxylic acids is 1. The molecule has 2 rings (SSSR count). The van der Waals surface area contributed by atoms with Crippen LogP contribution in [0.1, 0.15) is 20.9 Å². The zero-order valence-electron chi connectivity index (χ0n) is 11.7. The molecule has 0 bridgehead atoms. The standard InChI is InChI=1S/C12H14N4O3S2/c1-7-6-11(20-8(7)2)21(18,19)16-10-5-4-9(14-15-10)12(17)13-3/h4-6H,1-3H3,(H,13,17)(H,15,16). The van der Waals surface area contributed by atoms with Crippen molar-refractivity contribution < 1.29 is 13.2 Å². The number of nitrogens with zero attached hydrogens (tertiary/aromatic N) is 2. The van der Waals surface area contributed by atoms with Crippen LogP contribution in [0.2, 0.25) is 0 Å². The molecule has 9 heteroatoms. The van der Waals surface area contributed by atoms with E-state index in [1.807, 2.05) is 13.8 Å². The minimum Gasteiger partial charge on any atom is -0.354 e. The van der Waals surface area contributed by atoms with Crippen LogP contribution in [0.15, 0.2) is 22.4 Å². The zero-order chi connectivity index (χ0) is 15.6. The normalized spacial score (nSPS) is 11.2. The summed E-state index contributed by atoms with van der Waals surface area (Å²) in [6.45, 7) is 3.71. The number of sulfonamides is 1. The van der Waals surface area contributed by atoms with Crippen LogP contribution in [0, 0.1) is 13.8 Å². The average Bonchev–Trinajstić information content (AvgIpc) is 2.79. The summed E-state index contributed by atoms with van der Waals surface area (Å²) in [4.78, 5) is 12.3. The summed E-state index contributed by atoms with van der Waals surface area (Å²) < 4.78 is 26.9. The van der Waals surface area contributed by atoms with E-state index in [2.05, 4.69) is 20.2 Å². The molecule has 0 aliphatic carbocycles. The molecule has 0 fully saturated rings. The molecule has 0 atom stereocenters. The van der Waals surface area contributed by atoms with Crippen molar-refractivity contribution >= 4 is 33.1 Å². The van der Waals surface area contributed by atoms with E-state index in [1.165, 1.54) is 30.5 Å². The van der Waals surface area contributed by atoms with Crippen molar-refractivity contribution in [3.8, 4) is 0 Å². The Labute approximate surface area is 126 Å². The van der Waals surface area contributed by atoms with E-state index in [9.17, 15) is 13.2 Å². The summed E-state index contributed by atoms with van der Waals surface area (Å²) >= 11 is 1.19. The Morgan fingerprint density at radius 1 is 1.24 bits per heavy atom. The van der Waals surface area contributed by atoms with E-state index in [0.29, 0.717) is 0 Å². The van der Waals surface area contributed by atoms with Gasteiger partial charge in [0, 0.05) is 11.9 Å². The van der Waals surface area contributed by atoms with Crippen LogP contribution in [0.25, 0.3) is 0 Å². The number of hydrogen-bond acceptors (Lipinski definition) is 6. The lowest BCUT2D eigenvalue weighted by atomic mass is 10.3. The van der Waals surface area contributed by atoms with Crippen LogP contribution >= 0.6 is 11.3 Å². The van der Waals surface area contributed by atoms with Crippen LogP contribution in [0.5, 0.6) is 0 Å². The maximum Gasteiger partial charge on any atom is 0.272 e. The highest BCUT2D eigenvalue weighted by Crippen LogP contribution is 2.26. The second-order valence-corrected chi connectivity index (χ2v) is 7.46. The van der Waals surface area contributed by atoms with Crippen molar-refractivity contribution in [3.05, 3.63) is 34.3 Å². The topological polar surface area (TPSA) is 101 Å². The fraction of sp³-hybridized carbons (Fsp3) is 0.250. The van der Waals surface area contributed by atoms with Gasteiger partial charge in [0.25, 0.3) is 15.9 Å². The molecule has 7 nitrogen and oxygen atoms in total. The van der Waals surface area contributed by atoms with Gasteiger partial charge in [-0.3, -0.25) is 9.52 Å². The number of amides is 1. The summed E-state index contributed by atoms with van der Waals surface area (Å²) in [6.07, 6.45) is 0. The quantitative estimate of drug-likeness (QED) is 0.882. The van der Waals surface area contributed by atoms with Gasteiger partial charge in [0.05, 0.1) is 0 Å². The highest BCUT2D eigenvalue weighted by molar-refractivity contribution is 7.94. The highest BCUT2D eigenvalue weighted by atomic mass is 32.2. The zero-order valence-corrected chi connectivity index (χ0v) is 13.3. The van der Waals surface area contributed by atoms with E-state index in [4.69, 9.17) is 0 Å². The summed E-state index contributed by atoms with van der Waals surface area (Å²) in [7, 11) is -2.21. The van der Waals surface area contributed by atoms with Gasteiger partial charge < -0.3 is 5.32 Å². The average molecular weight is 326 g/mol. The van der Waals surface area contributed by atoms with Crippen molar-refractivity contribution in [3.63, 3.8) is 0 Å². The van der Waals surface area contributed by atoms with Gasteiger partial charge in [-0.05, 0) is 37.6 Å². The molecule has 0 saturated carbocycles. The third-order valence-corrected chi connectivity index (χ3v) is 5.75. The molecule has 2 aromatic rings. The predicted molar refractivity (Wildman–Crippen MR) is 80.0 cm³/mol. The minimum atomic E-state index is -3.69. The Hall–Kier alpha value is -2.00. The van der Waals surface area contributed by atoms with Crippen molar-refractivity contribution in [1.29, 1.82) is 0 Å². The summed E-state index contributed by atoms with van der Waals surface area (Å²) in [5.74, 6) is -0.326. The first-order valence-corrected chi connectivity index (χ1v) is 8.29. The lowest BCUT2D eigenvalue weighted by molar-refractivity contribution is 0.0957. The van der Waals surface area contributed by atoms with Crippen molar-refractivity contribution in [2.24, 2.45) is 0 Å². The van der Waals surface area contributed by atoms with E-state index in [0.717, 1.165) is 10.4 Å². The first kappa shape index (κ1) is 15.4. The predicted octanol–water partition coefficient (Wildman–Crippen LogP) is 1.32. The fourth-order valence-corrected chi connectivity index (χ4v) is 4.01. The van der Waals surface area contributed by atoms with E-state index in [-0.39, 0.29) is 21.6 Å². The number of aromatic nitrogens is 2. The summed E-state index contributed by atoms with van der Waals surface area (Å²) in [6, 6.07) is 4.39.